The van der Waals surface area contributed by atoms with Gasteiger partial charge in [-0.3, -0.25) is 0 Å². The molecule has 0 bridgehead atoms. The Morgan fingerprint density at radius 3 is 2.84 bits per heavy atom. The highest BCUT2D eigenvalue weighted by atomic mass is 32.2. The summed E-state index contributed by atoms with van der Waals surface area (Å²) in [7, 11) is -2.81. The second-order valence-corrected chi connectivity index (χ2v) is 11.0. The first-order valence-corrected chi connectivity index (χ1v) is 12.1. The van der Waals surface area contributed by atoms with E-state index < -0.39 is 9.84 Å². The molecule has 2 aliphatic heterocycles. The molecule has 3 heterocycles. The number of aliphatic imine (C=N–C) groups is 1. The standard InChI is InChI=1S/C18H27N3O2S2/c22-25(23)9-6-14(13-25)10-19-18(20-11-17-2-1-8-24-17)21-7-5-16(12-21)15-3-4-15/h1-2,8,14-16H,3-7,9-13H2,(H,19,20). The Labute approximate surface area is 154 Å². The number of rotatable bonds is 5. The van der Waals surface area contributed by atoms with Gasteiger partial charge in [0.1, 0.15) is 0 Å². The van der Waals surface area contributed by atoms with Crippen LogP contribution in [-0.2, 0) is 16.4 Å². The highest BCUT2D eigenvalue weighted by molar-refractivity contribution is 7.91. The van der Waals surface area contributed by atoms with E-state index in [2.05, 4.69) is 27.7 Å². The zero-order valence-electron chi connectivity index (χ0n) is 14.6. The van der Waals surface area contributed by atoms with Crippen LogP contribution in [0.3, 0.4) is 0 Å². The average molecular weight is 382 g/mol. The summed E-state index contributed by atoms with van der Waals surface area (Å²) >= 11 is 1.73. The molecule has 7 heteroatoms. The maximum Gasteiger partial charge on any atom is 0.194 e. The molecule has 3 aliphatic rings. The fraction of sp³-hybridized carbons (Fsp3) is 0.722. The molecule has 0 spiro atoms. The molecule has 1 N–H and O–H groups in total. The fourth-order valence-corrected chi connectivity index (χ4v) is 6.51. The van der Waals surface area contributed by atoms with E-state index in [9.17, 15) is 8.42 Å². The van der Waals surface area contributed by atoms with E-state index in [4.69, 9.17) is 4.99 Å². The molecule has 1 aromatic rings. The van der Waals surface area contributed by atoms with Gasteiger partial charge in [-0.05, 0) is 54.9 Å². The summed E-state index contributed by atoms with van der Waals surface area (Å²) in [6.45, 7) is 3.59. The molecule has 138 valence electrons. The van der Waals surface area contributed by atoms with Gasteiger partial charge in [-0.15, -0.1) is 11.3 Å². The minimum atomic E-state index is -2.81. The second kappa shape index (κ2) is 7.27. The number of hydrogen-bond acceptors (Lipinski definition) is 4. The van der Waals surface area contributed by atoms with Gasteiger partial charge in [0, 0.05) is 24.5 Å². The van der Waals surface area contributed by atoms with Crippen LogP contribution in [0.25, 0.3) is 0 Å². The Morgan fingerprint density at radius 1 is 1.28 bits per heavy atom. The van der Waals surface area contributed by atoms with Crippen molar-refractivity contribution in [1.29, 1.82) is 0 Å². The van der Waals surface area contributed by atoms with Gasteiger partial charge in [0.05, 0.1) is 18.1 Å². The molecule has 0 amide bonds. The molecule has 0 aromatic carbocycles. The first kappa shape index (κ1) is 17.3. The molecule has 2 unspecified atom stereocenters. The zero-order valence-corrected chi connectivity index (χ0v) is 16.2. The highest BCUT2D eigenvalue weighted by Crippen LogP contribution is 2.41. The van der Waals surface area contributed by atoms with Gasteiger partial charge >= 0.3 is 0 Å². The lowest BCUT2D eigenvalue weighted by atomic mass is 10.0. The van der Waals surface area contributed by atoms with Gasteiger partial charge in [0.2, 0.25) is 0 Å². The Hall–Kier alpha value is -1.08. The van der Waals surface area contributed by atoms with E-state index >= 15 is 0 Å². The van der Waals surface area contributed by atoms with E-state index in [1.54, 1.807) is 11.3 Å². The van der Waals surface area contributed by atoms with E-state index in [0.29, 0.717) is 24.6 Å². The van der Waals surface area contributed by atoms with E-state index in [-0.39, 0.29) is 5.92 Å². The molecule has 2 saturated heterocycles. The maximum absolute atomic E-state index is 11.7. The van der Waals surface area contributed by atoms with Crippen LogP contribution in [0.4, 0.5) is 0 Å². The lowest BCUT2D eigenvalue weighted by molar-refractivity contribution is 0.429. The normalized spacial score (nSPS) is 29.3. The summed E-state index contributed by atoms with van der Waals surface area (Å²) in [6.07, 6.45) is 4.83. The van der Waals surface area contributed by atoms with Crippen molar-refractivity contribution in [3.8, 4) is 0 Å². The van der Waals surface area contributed by atoms with Crippen LogP contribution < -0.4 is 5.32 Å². The Bertz CT molecular complexity index is 711. The minimum Gasteiger partial charge on any atom is -0.356 e. The van der Waals surface area contributed by atoms with Crippen LogP contribution in [0, 0.1) is 17.8 Å². The van der Waals surface area contributed by atoms with Gasteiger partial charge in [0.25, 0.3) is 0 Å². The number of likely N-dealkylation sites (tertiary alicyclic amines) is 1. The van der Waals surface area contributed by atoms with Crippen molar-refractivity contribution >= 4 is 27.1 Å². The topological polar surface area (TPSA) is 61.8 Å². The first-order valence-electron chi connectivity index (χ1n) is 9.35. The third kappa shape index (κ3) is 4.56. The molecule has 0 radical (unpaired) electrons. The monoisotopic (exact) mass is 381 g/mol. The summed E-state index contributed by atoms with van der Waals surface area (Å²) in [6, 6.07) is 4.18. The summed E-state index contributed by atoms with van der Waals surface area (Å²) < 4.78 is 23.4. The lowest BCUT2D eigenvalue weighted by Gasteiger charge is -2.23. The first-order chi connectivity index (χ1) is 12.1. The number of nitrogens with one attached hydrogen (secondary N) is 1. The summed E-state index contributed by atoms with van der Waals surface area (Å²) in [5.41, 5.74) is 0. The number of nitrogens with zero attached hydrogens (tertiary/aromatic N) is 2. The van der Waals surface area contributed by atoms with Crippen molar-refractivity contribution in [2.75, 3.05) is 31.1 Å². The summed E-state index contributed by atoms with van der Waals surface area (Å²) in [5.74, 6) is 3.61. The molecule has 2 atom stereocenters. The predicted molar refractivity (Wildman–Crippen MR) is 103 cm³/mol. The number of sulfone groups is 1. The van der Waals surface area contributed by atoms with Gasteiger partial charge in [-0.25, -0.2) is 13.4 Å². The molecule has 1 saturated carbocycles. The van der Waals surface area contributed by atoms with Crippen molar-refractivity contribution in [3.05, 3.63) is 22.4 Å². The lowest BCUT2D eigenvalue weighted by Crippen LogP contribution is -2.42. The summed E-state index contributed by atoms with van der Waals surface area (Å²) in [5, 5.41) is 5.58. The van der Waals surface area contributed by atoms with Crippen LogP contribution in [-0.4, -0.2) is 50.4 Å². The Morgan fingerprint density at radius 2 is 2.16 bits per heavy atom. The smallest absolute Gasteiger partial charge is 0.194 e. The zero-order chi connectivity index (χ0) is 17.3. The predicted octanol–water partition coefficient (Wildman–Crippen LogP) is 2.36. The molecule has 4 rings (SSSR count). The molecular weight excluding hydrogens is 354 g/mol. The molecule has 1 aromatic heterocycles. The van der Waals surface area contributed by atoms with Crippen LogP contribution in [0.5, 0.6) is 0 Å². The van der Waals surface area contributed by atoms with E-state index in [1.165, 1.54) is 24.1 Å². The third-order valence-electron chi connectivity index (χ3n) is 5.65. The van der Waals surface area contributed by atoms with Crippen molar-refractivity contribution in [2.24, 2.45) is 22.7 Å². The van der Waals surface area contributed by atoms with Gasteiger partial charge in [-0.1, -0.05) is 6.07 Å². The molecule has 1 aliphatic carbocycles. The van der Waals surface area contributed by atoms with Crippen molar-refractivity contribution in [1.82, 2.24) is 10.2 Å². The van der Waals surface area contributed by atoms with Crippen molar-refractivity contribution < 1.29 is 8.42 Å². The largest absolute Gasteiger partial charge is 0.356 e. The second-order valence-electron chi connectivity index (χ2n) is 7.70. The van der Waals surface area contributed by atoms with Crippen molar-refractivity contribution in [3.63, 3.8) is 0 Å². The quantitative estimate of drug-likeness (QED) is 0.628. The van der Waals surface area contributed by atoms with E-state index in [0.717, 1.165) is 37.3 Å². The number of thiophene rings is 1. The molecule has 3 fully saturated rings. The van der Waals surface area contributed by atoms with Crippen LogP contribution in [0.2, 0.25) is 0 Å². The molecule has 25 heavy (non-hydrogen) atoms. The third-order valence-corrected chi connectivity index (χ3v) is 8.35. The van der Waals surface area contributed by atoms with Crippen LogP contribution >= 0.6 is 11.3 Å². The summed E-state index contributed by atoms with van der Waals surface area (Å²) in [4.78, 5) is 8.51. The fourth-order valence-electron chi connectivity index (χ4n) is 4.02. The minimum absolute atomic E-state index is 0.221. The van der Waals surface area contributed by atoms with Crippen molar-refractivity contribution in [2.45, 2.75) is 32.2 Å². The van der Waals surface area contributed by atoms with Gasteiger partial charge in [0.15, 0.2) is 15.8 Å². The molecular formula is C18H27N3O2S2. The van der Waals surface area contributed by atoms with Gasteiger partial charge < -0.3 is 10.2 Å². The number of hydrogen-bond donors (Lipinski definition) is 1. The Kier molecular flexibility index (Phi) is 5.04. The number of guanidine groups is 1. The molecule has 5 nitrogen and oxygen atoms in total. The van der Waals surface area contributed by atoms with Gasteiger partial charge in [-0.2, -0.15) is 0 Å². The average Bonchev–Trinajstić information content (AvgIpc) is 3.00. The SMILES string of the molecule is O=S1(=O)CCC(CNC(=NCc2cccs2)N2CCC(C3CC3)C2)C1. The van der Waals surface area contributed by atoms with Crippen LogP contribution in [0.1, 0.15) is 30.6 Å². The Balaban J connectivity index is 1.39. The van der Waals surface area contributed by atoms with E-state index in [1.807, 2.05) is 0 Å². The maximum atomic E-state index is 11.7. The van der Waals surface area contributed by atoms with Crippen LogP contribution in [0.15, 0.2) is 22.5 Å². The highest BCUT2D eigenvalue weighted by Gasteiger charge is 2.37.